The molecule has 0 saturated carbocycles. The zero-order chi connectivity index (χ0) is 14.7. The summed E-state index contributed by atoms with van der Waals surface area (Å²) in [6.45, 7) is 6.54. The Bertz CT molecular complexity index is 621. The molecule has 6 heteroatoms. The fourth-order valence-corrected chi connectivity index (χ4v) is 1.97. The van der Waals surface area contributed by atoms with Crippen LogP contribution in [0.4, 0.5) is 0 Å². The number of aryl methyl sites for hydroxylation is 2. The molecule has 0 aromatic carbocycles. The van der Waals surface area contributed by atoms with Crippen LogP contribution in [0.2, 0.25) is 0 Å². The van der Waals surface area contributed by atoms with E-state index in [2.05, 4.69) is 10.1 Å². The summed E-state index contributed by atoms with van der Waals surface area (Å²) in [6.07, 6.45) is 1.34. The number of aromatic nitrogens is 3. The molecule has 2 aromatic heterocycles. The number of rotatable bonds is 5. The first-order valence-electron chi connectivity index (χ1n) is 6.61. The van der Waals surface area contributed by atoms with E-state index < -0.39 is 0 Å². The molecule has 1 atom stereocenters. The summed E-state index contributed by atoms with van der Waals surface area (Å²) in [6, 6.07) is 1.72. The molecule has 0 aliphatic heterocycles. The van der Waals surface area contributed by atoms with E-state index in [-0.39, 0.29) is 12.1 Å². The normalized spacial score (nSPS) is 12.6. The molecule has 0 N–H and O–H groups in total. The summed E-state index contributed by atoms with van der Waals surface area (Å²) in [4.78, 5) is 16.6. The lowest BCUT2D eigenvalue weighted by Crippen LogP contribution is -2.20. The second kappa shape index (κ2) is 6.00. The first-order chi connectivity index (χ1) is 9.52. The second-order valence-corrected chi connectivity index (χ2v) is 4.69. The highest BCUT2D eigenvalue weighted by atomic mass is 16.6. The van der Waals surface area contributed by atoms with Gasteiger partial charge in [-0.3, -0.25) is 4.68 Å². The quantitative estimate of drug-likeness (QED) is 0.780. The average molecular weight is 277 g/mol. The highest BCUT2D eigenvalue weighted by Crippen LogP contribution is 2.19. The minimum atomic E-state index is -0.374. The molecule has 0 fully saturated rings. The lowest BCUT2D eigenvalue weighted by Gasteiger charge is -2.13. The largest absolute Gasteiger partial charge is 0.457 e. The van der Waals surface area contributed by atoms with E-state index in [4.69, 9.17) is 9.47 Å². The topological polar surface area (TPSA) is 66.2 Å². The Hall–Kier alpha value is -1.95. The minimum Gasteiger partial charge on any atom is -0.457 e. The molecule has 2 rings (SSSR count). The van der Waals surface area contributed by atoms with Gasteiger partial charge in [-0.2, -0.15) is 5.10 Å². The molecule has 0 saturated heterocycles. The molecule has 6 nitrogen and oxygen atoms in total. The van der Waals surface area contributed by atoms with E-state index >= 15 is 0 Å². The number of hydrogen-bond acceptors (Lipinski definition) is 5. The van der Waals surface area contributed by atoms with E-state index in [1.54, 1.807) is 24.0 Å². The third kappa shape index (κ3) is 2.96. The molecule has 0 radical (unpaired) electrons. The number of carbonyl (C=O) groups excluding carboxylic acids is 1. The van der Waals surface area contributed by atoms with Crippen molar-refractivity contribution in [2.45, 2.75) is 26.9 Å². The van der Waals surface area contributed by atoms with Crippen LogP contribution in [0.25, 0.3) is 11.0 Å². The maximum Gasteiger partial charge on any atom is 0.339 e. The third-order valence-electron chi connectivity index (χ3n) is 2.92. The number of fused-ring (bicyclic) bond motifs is 1. The van der Waals surface area contributed by atoms with Crippen molar-refractivity contribution in [1.82, 2.24) is 14.8 Å². The number of nitrogens with zero attached hydrogens (tertiary/aromatic N) is 3. The van der Waals surface area contributed by atoms with Gasteiger partial charge in [0.2, 0.25) is 0 Å². The van der Waals surface area contributed by atoms with Gasteiger partial charge in [-0.1, -0.05) is 0 Å². The van der Waals surface area contributed by atoms with Crippen LogP contribution < -0.4 is 0 Å². The summed E-state index contributed by atoms with van der Waals surface area (Å²) in [7, 11) is 1.79. The number of esters is 1. The van der Waals surface area contributed by atoms with Crippen LogP contribution in [-0.4, -0.2) is 40.1 Å². The van der Waals surface area contributed by atoms with Gasteiger partial charge in [-0.05, 0) is 26.8 Å². The summed E-state index contributed by atoms with van der Waals surface area (Å²) in [5.74, 6) is -0.374. The van der Waals surface area contributed by atoms with Crippen LogP contribution in [0.3, 0.4) is 0 Å². The number of pyridine rings is 1. The van der Waals surface area contributed by atoms with E-state index in [0.717, 1.165) is 5.69 Å². The molecule has 0 spiro atoms. The number of carbonyl (C=O) groups is 1. The minimum absolute atomic E-state index is 0.289. The van der Waals surface area contributed by atoms with E-state index in [9.17, 15) is 4.79 Å². The van der Waals surface area contributed by atoms with E-state index in [1.165, 1.54) is 0 Å². The van der Waals surface area contributed by atoms with Crippen LogP contribution in [0.15, 0.2) is 12.3 Å². The Morgan fingerprint density at radius 2 is 2.25 bits per heavy atom. The molecular weight excluding hydrogens is 258 g/mol. The standard InChI is InChI=1S/C14H19N3O3/c1-5-19-8-10(3)20-14(18)11-6-9(2)16-13-12(11)7-15-17(13)4/h6-7,10H,5,8H2,1-4H3/t10-/m1/s1. The predicted molar refractivity (Wildman–Crippen MR) is 74.6 cm³/mol. The van der Waals surface area contributed by atoms with Crippen molar-refractivity contribution < 1.29 is 14.3 Å². The summed E-state index contributed by atoms with van der Waals surface area (Å²) in [5, 5.41) is 4.83. The predicted octanol–water partition coefficient (Wildman–Crippen LogP) is 1.86. The van der Waals surface area contributed by atoms with E-state index in [1.807, 2.05) is 20.8 Å². The van der Waals surface area contributed by atoms with Gasteiger partial charge >= 0.3 is 5.97 Å². The van der Waals surface area contributed by atoms with Gasteiger partial charge in [-0.25, -0.2) is 9.78 Å². The van der Waals surface area contributed by atoms with Gasteiger partial charge in [0.05, 0.1) is 23.8 Å². The van der Waals surface area contributed by atoms with Crippen LogP contribution in [0.1, 0.15) is 29.9 Å². The number of hydrogen-bond donors (Lipinski definition) is 0. The van der Waals surface area contributed by atoms with Crippen molar-refractivity contribution in [2.75, 3.05) is 13.2 Å². The van der Waals surface area contributed by atoms with Crippen LogP contribution in [-0.2, 0) is 16.5 Å². The van der Waals surface area contributed by atoms with Gasteiger partial charge in [0.1, 0.15) is 6.10 Å². The molecule has 2 heterocycles. The van der Waals surface area contributed by atoms with Crippen molar-refractivity contribution in [1.29, 1.82) is 0 Å². The Morgan fingerprint density at radius 1 is 1.50 bits per heavy atom. The zero-order valence-corrected chi connectivity index (χ0v) is 12.2. The monoisotopic (exact) mass is 277 g/mol. The van der Waals surface area contributed by atoms with Crippen LogP contribution >= 0.6 is 0 Å². The van der Waals surface area contributed by atoms with Crippen LogP contribution in [0, 0.1) is 6.92 Å². The maximum atomic E-state index is 12.3. The Kier molecular flexibility index (Phi) is 4.34. The molecule has 20 heavy (non-hydrogen) atoms. The van der Waals surface area contributed by atoms with Crippen molar-refractivity contribution in [2.24, 2.45) is 7.05 Å². The lowest BCUT2D eigenvalue weighted by atomic mass is 10.1. The second-order valence-electron chi connectivity index (χ2n) is 4.69. The van der Waals surface area contributed by atoms with Crippen molar-refractivity contribution in [3.63, 3.8) is 0 Å². The third-order valence-corrected chi connectivity index (χ3v) is 2.92. The molecular formula is C14H19N3O3. The van der Waals surface area contributed by atoms with Gasteiger partial charge in [-0.15, -0.1) is 0 Å². The molecule has 0 aliphatic rings. The SMILES string of the molecule is CCOC[C@@H](C)OC(=O)c1cc(C)nc2c1cnn2C. The van der Waals surface area contributed by atoms with Crippen molar-refractivity contribution in [3.8, 4) is 0 Å². The molecule has 0 bridgehead atoms. The summed E-state index contributed by atoms with van der Waals surface area (Å²) < 4.78 is 12.3. The van der Waals surface area contributed by atoms with Crippen molar-refractivity contribution >= 4 is 17.0 Å². The fourth-order valence-electron chi connectivity index (χ4n) is 1.97. The Labute approximate surface area is 117 Å². The maximum absolute atomic E-state index is 12.3. The first-order valence-corrected chi connectivity index (χ1v) is 6.61. The molecule has 0 amide bonds. The average Bonchev–Trinajstić information content (AvgIpc) is 2.77. The Morgan fingerprint density at radius 3 is 2.95 bits per heavy atom. The molecule has 0 aliphatic carbocycles. The van der Waals surface area contributed by atoms with Gasteiger partial charge < -0.3 is 9.47 Å². The molecule has 2 aromatic rings. The fraction of sp³-hybridized carbons (Fsp3) is 0.500. The van der Waals surface area contributed by atoms with Crippen molar-refractivity contribution in [3.05, 3.63) is 23.5 Å². The smallest absolute Gasteiger partial charge is 0.339 e. The number of ether oxygens (including phenoxy) is 2. The molecule has 108 valence electrons. The zero-order valence-electron chi connectivity index (χ0n) is 12.2. The highest BCUT2D eigenvalue weighted by molar-refractivity contribution is 6.02. The van der Waals surface area contributed by atoms with Gasteiger partial charge in [0.25, 0.3) is 0 Å². The highest BCUT2D eigenvalue weighted by Gasteiger charge is 2.18. The molecule has 0 unspecified atom stereocenters. The van der Waals surface area contributed by atoms with Gasteiger partial charge in [0, 0.05) is 19.3 Å². The van der Waals surface area contributed by atoms with Gasteiger partial charge in [0.15, 0.2) is 5.65 Å². The lowest BCUT2D eigenvalue weighted by molar-refractivity contribution is 0.00456. The summed E-state index contributed by atoms with van der Waals surface area (Å²) >= 11 is 0. The van der Waals surface area contributed by atoms with E-state index in [0.29, 0.717) is 29.8 Å². The Balaban J connectivity index is 2.25. The summed E-state index contributed by atoms with van der Waals surface area (Å²) in [5.41, 5.74) is 1.92. The van der Waals surface area contributed by atoms with Crippen LogP contribution in [0.5, 0.6) is 0 Å². The first kappa shape index (κ1) is 14.5.